The highest BCUT2D eigenvalue weighted by Crippen LogP contribution is 2.39. The zero-order chi connectivity index (χ0) is 26.5. The summed E-state index contributed by atoms with van der Waals surface area (Å²) in [5, 5.41) is 8.68. The second kappa shape index (κ2) is 11.9. The third-order valence-corrected chi connectivity index (χ3v) is 7.93. The van der Waals surface area contributed by atoms with Gasteiger partial charge in [0.1, 0.15) is 9.84 Å². The van der Waals surface area contributed by atoms with E-state index in [4.69, 9.17) is 14.5 Å². The number of esters is 1. The van der Waals surface area contributed by atoms with Crippen molar-refractivity contribution in [2.24, 2.45) is 0 Å². The Bertz CT molecular complexity index is 1430. The normalized spacial score (nSPS) is 13.9. The Labute approximate surface area is 228 Å². The monoisotopic (exact) mass is 552 g/mol. The Kier molecular flexibility index (Phi) is 8.23. The summed E-state index contributed by atoms with van der Waals surface area (Å²) in [5.41, 5.74) is 3.12. The summed E-state index contributed by atoms with van der Waals surface area (Å²) in [6.45, 7) is 8.63. The van der Waals surface area contributed by atoms with Gasteiger partial charge in [0, 0.05) is 42.5 Å². The summed E-state index contributed by atoms with van der Waals surface area (Å²) < 4.78 is 10.5. The molecule has 0 bridgehead atoms. The van der Waals surface area contributed by atoms with E-state index in [-0.39, 0.29) is 17.7 Å². The maximum atomic E-state index is 12.2. The standard InChI is InChI=1S/C26H28N6O4S2/c1-3-27-26(34)31-25-29-21(17-7-5-16(6-8-17)14-32-9-11-35-12-10-32)18-13-20(38-22(18)30-25)23-28-19(15-37-23)24(33)36-4-2/h5-8,13,15H,3-4,9-12,14H2,1-2H3,(H2,27,29,30,31,34). The lowest BCUT2D eigenvalue weighted by Crippen LogP contribution is -2.35. The van der Waals surface area contributed by atoms with Gasteiger partial charge in [0.25, 0.3) is 0 Å². The van der Waals surface area contributed by atoms with Crippen LogP contribution in [-0.4, -0.2) is 71.3 Å². The number of hydrogen-bond donors (Lipinski definition) is 2. The molecule has 1 aromatic carbocycles. The van der Waals surface area contributed by atoms with Crippen LogP contribution in [0.2, 0.25) is 0 Å². The van der Waals surface area contributed by atoms with Gasteiger partial charge in [-0.15, -0.1) is 22.7 Å². The van der Waals surface area contributed by atoms with Gasteiger partial charge in [-0.2, -0.15) is 0 Å². The van der Waals surface area contributed by atoms with Crippen molar-refractivity contribution in [2.75, 3.05) is 44.8 Å². The maximum absolute atomic E-state index is 12.2. The number of ether oxygens (including phenoxy) is 2. The number of hydrogen-bond acceptors (Lipinski definition) is 10. The quantitative estimate of drug-likeness (QED) is 0.304. The van der Waals surface area contributed by atoms with Gasteiger partial charge in [-0.25, -0.2) is 24.5 Å². The van der Waals surface area contributed by atoms with E-state index in [9.17, 15) is 9.59 Å². The first-order valence-corrected chi connectivity index (χ1v) is 14.1. The first-order chi connectivity index (χ1) is 18.5. The largest absolute Gasteiger partial charge is 0.461 e. The molecule has 4 aromatic rings. The average Bonchev–Trinajstić information content (AvgIpc) is 3.57. The summed E-state index contributed by atoms with van der Waals surface area (Å²) in [6.07, 6.45) is 0. The number of rotatable bonds is 8. The minimum absolute atomic E-state index is 0.218. The molecule has 0 radical (unpaired) electrons. The number of nitrogens with one attached hydrogen (secondary N) is 2. The fourth-order valence-corrected chi connectivity index (χ4v) is 5.96. The Balaban J connectivity index is 1.49. The Morgan fingerprint density at radius 2 is 1.89 bits per heavy atom. The summed E-state index contributed by atoms with van der Waals surface area (Å²) in [6, 6.07) is 9.93. The van der Waals surface area contributed by atoms with Crippen LogP contribution in [0.15, 0.2) is 35.7 Å². The van der Waals surface area contributed by atoms with Gasteiger partial charge in [0.15, 0.2) is 5.69 Å². The molecular weight excluding hydrogens is 524 g/mol. The number of carbonyl (C=O) groups excluding carboxylic acids is 2. The van der Waals surface area contributed by atoms with Gasteiger partial charge in [-0.05, 0) is 25.5 Å². The summed E-state index contributed by atoms with van der Waals surface area (Å²) in [5.74, 6) is -0.224. The lowest BCUT2D eigenvalue weighted by atomic mass is 10.1. The van der Waals surface area contributed by atoms with Gasteiger partial charge < -0.3 is 14.8 Å². The lowest BCUT2D eigenvalue weighted by Gasteiger charge is -2.26. The number of urea groups is 1. The molecule has 0 spiro atoms. The topological polar surface area (TPSA) is 119 Å². The first-order valence-electron chi connectivity index (χ1n) is 12.4. The highest BCUT2D eigenvalue weighted by Gasteiger charge is 2.19. The zero-order valence-corrected chi connectivity index (χ0v) is 22.8. The fraction of sp³-hybridized carbons (Fsp3) is 0.346. The molecule has 0 aliphatic carbocycles. The van der Waals surface area contributed by atoms with Gasteiger partial charge in [0.2, 0.25) is 5.95 Å². The van der Waals surface area contributed by atoms with Crippen LogP contribution in [0.25, 0.3) is 31.4 Å². The number of nitrogens with zero attached hydrogens (tertiary/aromatic N) is 4. The number of aromatic nitrogens is 3. The van der Waals surface area contributed by atoms with Gasteiger partial charge in [0.05, 0.1) is 30.4 Å². The van der Waals surface area contributed by atoms with Crippen LogP contribution in [0.4, 0.5) is 10.7 Å². The molecule has 38 heavy (non-hydrogen) atoms. The van der Waals surface area contributed by atoms with Crippen LogP contribution < -0.4 is 10.6 Å². The van der Waals surface area contributed by atoms with Crippen molar-refractivity contribution in [3.63, 3.8) is 0 Å². The number of amides is 2. The van der Waals surface area contributed by atoms with Crippen molar-refractivity contribution in [3.05, 3.63) is 47.0 Å². The molecule has 1 aliphatic heterocycles. The van der Waals surface area contributed by atoms with E-state index in [2.05, 4.69) is 37.6 Å². The molecule has 12 heteroatoms. The molecule has 0 unspecified atom stereocenters. The number of fused-ring (bicyclic) bond motifs is 1. The highest BCUT2D eigenvalue weighted by atomic mass is 32.1. The number of anilines is 1. The number of thiophene rings is 1. The van der Waals surface area contributed by atoms with Crippen LogP contribution in [0, 0.1) is 0 Å². The number of morpholine rings is 1. The zero-order valence-electron chi connectivity index (χ0n) is 21.2. The molecule has 0 atom stereocenters. The molecule has 1 fully saturated rings. The molecule has 1 aliphatic rings. The Morgan fingerprint density at radius 1 is 1.11 bits per heavy atom. The predicted molar refractivity (Wildman–Crippen MR) is 149 cm³/mol. The fourth-order valence-electron chi connectivity index (χ4n) is 4.08. The molecule has 2 amide bonds. The molecule has 4 heterocycles. The van der Waals surface area contributed by atoms with Crippen LogP contribution in [-0.2, 0) is 16.0 Å². The predicted octanol–water partition coefficient (Wildman–Crippen LogP) is 4.63. The van der Waals surface area contributed by atoms with Crippen LogP contribution >= 0.6 is 22.7 Å². The molecule has 0 saturated carbocycles. The number of carbonyl (C=O) groups is 2. The van der Waals surface area contributed by atoms with E-state index in [0.29, 0.717) is 28.7 Å². The van der Waals surface area contributed by atoms with E-state index in [1.807, 2.05) is 25.1 Å². The second-order valence-electron chi connectivity index (χ2n) is 8.55. The molecule has 3 aromatic heterocycles. The summed E-state index contributed by atoms with van der Waals surface area (Å²) >= 11 is 2.80. The van der Waals surface area contributed by atoms with Crippen LogP contribution in [0.5, 0.6) is 0 Å². The van der Waals surface area contributed by atoms with Crippen molar-refractivity contribution in [1.82, 2.24) is 25.2 Å². The van der Waals surface area contributed by atoms with Gasteiger partial charge >= 0.3 is 12.0 Å². The smallest absolute Gasteiger partial charge is 0.357 e. The molecule has 5 rings (SSSR count). The van der Waals surface area contributed by atoms with Crippen molar-refractivity contribution in [3.8, 4) is 21.1 Å². The number of thiazole rings is 1. The lowest BCUT2D eigenvalue weighted by molar-refractivity contribution is 0.0342. The third kappa shape index (κ3) is 5.99. The van der Waals surface area contributed by atoms with E-state index in [1.54, 1.807) is 12.3 Å². The molecule has 10 nitrogen and oxygen atoms in total. The molecule has 1 saturated heterocycles. The van der Waals surface area contributed by atoms with Gasteiger partial charge in [-0.1, -0.05) is 24.3 Å². The minimum Gasteiger partial charge on any atom is -0.461 e. The average molecular weight is 553 g/mol. The summed E-state index contributed by atoms with van der Waals surface area (Å²) in [4.78, 5) is 42.0. The molecule has 198 valence electrons. The maximum Gasteiger partial charge on any atom is 0.357 e. The van der Waals surface area contributed by atoms with Crippen molar-refractivity contribution in [2.45, 2.75) is 20.4 Å². The Morgan fingerprint density at radius 3 is 2.63 bits per heavy atom. The van der Waals surface area contributed by atoms with Crippen LogP contribution in [0.3, 0.4) is 0 Å². The second-order valence-corrected chi connectivity index (χ2v) is 10.4. The third-order valence-electron chi connectivity index (χ3n) is 5.89. The van der Waals surface area contributed by atoms with E-state index in [0.717, 1.165) is 48.7 Å². The molecular formula is C26H28N6O4S2. The number of benzene rings is 1. The van der Waals surface area contributed by atoms with Crippen LogP contribution in [0.1, 0.15) is 29.9 Å². The SMILES string of the molecule is CCNC(=O)Nc1nc(-c2ccc(CN3CCOCC3)cc2)c2cc(-c3nc(C(=O)OCC)cs3)sc2n1. The first kappa shape index (κ1) is 26.2. The van der Waals surface area contributed by atoms with Gasteiger partial charge in [-0.3, -0.25) is 10.2 Å². The van der Waals surface area contributed by atoms with Crippen molar-refractivity contribution in [1.29, 1.82) is 0 Å². The summed E-state index contributed by atoms with van der Waals surface area (Å²) in [7, 11) is 0. The Hall–Kier alpha value is -3.45. The van der Waals surface area contributed by atoms with E-state index in [1.165, 1.54) is 28.2 Å². The van der Waals surface area contributed by atoms with Crippen molar-refractivity contribution < 1.29 is 19.1 Å². The minimum atomic E-state index is -0.442. The van der Waals surface area contributed by atoms with E-state index >= 15 is 0 Å². The van der Waals surface area contributed by atoms with E-state index < -0.39 is 5.97 Å². The van der Waals surface area contributed by atoms with Crippen molar-refractivity contribution >= 4 is 50.8 Å². The molecule has 2 N–H and O–H groups in total. The highest BCUT2D eigenvalue weighted by molar-refractivity contribution is 7.25.